The largest absolute Gasteiger partial charge is 0.493 e. The van der Waals surface area contributed by atoms with Crippen molar-refractivity contribution >= 4 is 17.9 Å². The number of rotatable bonds is 15. The Kier molecular flexibility index (Phi) is 13.7. The topological polar surface area (TPSA) is 119 Å². The van der Waals surface area contributed by atoms with Gasteiger partial charge in [-0.1, -0.05) is 30.3 Å². The summed E-state index contributed by atoms with van der Waals surface area (Å²) < 4.78 is 22.2. The zero-order valence-electron chi connectivity index (χ0n) is 28.6. The molecule has 1 aliphatic rings. The van der Waals surface area contributed by atoms with E-state index in [1.165, 1.54) is 0 Å². The molecule has 0 saturated carbocycles. The highest BCUT2D eigenvalue weighted by molar-refractivity contribution is 5.95. The molecule has 1 aliphatic heterocycles. The molecule has 2 aromatic rings. The van der Waals surface area contributed by atoms with Crippen molar-refractivity contribution in [2.45, 2.75) is 78.2 Å². The number of nitrogens with zero attached hydrogens (tertiary/aromatic N) is 2. The van der Waals surface area contributed by atoms with Gasteiger partial charge in [0.2, 0.25) is 5.91 Å². The molecule has 2 aromatic carbocycles. The zero-order valence-corrected chi connectivity index (χ0v) is 28.6. The third-order valence-corrected chi connectivity index (χ3v) is 7.74. The highest BCUT2D eigenvalue weighted by Gasteiger charge is 2.40. The molecular formula is C35H52N4O7. The molecule has 0 aromatic heterocycles. The number of benzene rings is 2. The van der Waals surface area contributed by atoms with Crippen molar-refractivity contribution in [3.05, 3.63) is 59.7 Å². The molecule has 3 amide bonds. The first-order valence-electron chi connectivity index (χ1n) is 16.0. The Balaban J connectivity index is 1.78. The normalized spacial score (nSPS) is 17.0. The summed E-state index contributed by atoms with van der Waals surface area (Å²) in [7, 11) is 3.20. The molecule has 3 rings (SSSR count). The van der Waals surface area contributed by atoms with Gasteiger partial charge in [0.05, 0.1) is 19.8 Å². The Morgan fingerprint density at radius 3 is 2.33 bits per heavy atom. The molecule has 0 aliphatic carbocycles. The van der Waals surface area contributed by atoms with Crippen molar-refractivity contribution in [3.63, 3.8) is 0 Å². The third kappa shape index (κ3) is 10.9. The molecule has 0 radical (unpaired) electrons. The summed E-state index contributed by atoms with van der Waals surface area (Å²) in [6.45, 7) is 13.7. The average molecular weight is 641 g/mol. The van der Waals surface area contributed by atoms with E-state index in [-0.39, 0.29) is 29.8 Å². The van der Waals surface area contributed by atoms with Crippen molar-refractivity contribution < 1.29 is 33.3 Å². The number of methoxy groups -OCH3 is 2. The van der Waals surface area contributed by atoms with Crippen LogP contribution in [0.3, 0.4) is 0 Å². The predicted octanol–water partition coefficient (Wildman–Crippen LogP) is 4.49. The van der Waals surface area contributed by atoms with Gasteiger partial charge in [-0.05, 0) is 65.3 Å². The van der Waals surface area contributed by atoms with E-state index in [0.717, 1.165) is 5.56 Å². The van der Waals surface area contributed by atoms with Crippen LogP contribution in [0.25, 0.3) is 0 Å². The Bertz CT molecular complexity index is 1280. The highest BCUT2D eigenvalue weighted by atomic mass is 16.6. The van der Waals surface area contributed by atoms with Crippen molar-refractivity contribution in [3.8, 4) is 11.5 Å². The molecule has 1 saturated heterocycles. The van der Waals surface area contributed by atoms with E-state index in [1.807, 2.05) is 71.9 Å². The molecule has 1 heterocycles. The van der Waals surface area contributed by atoms with Crippen LogP contribution in [-0.4, -0.2) is 98.5 Å². The number of carbonyl (C=O) groups is 3. The summed E-state index contributed by atoms with van der Waals surface area (Å²) in [5, 5.41) is 6.43. The van der Waals surface area contributed by atoms with Gasteiger partial charge in [0.15, 0.2) is 11.5 Å². The lowest BCUT2D eigenvalue weighted by Crippen LogP contribution is -2.52. The first-order chi connectivity index (χ1) is 21.8. The van der Waals surface area contributed by atoms with Gasteiger partial charge in [-0.3, -0.25) is 9.59 Å². The summed E-state index contributed by atoms with van der Waals surface area (Å²) in [6.07, 6.45) is 0.277. The lowest BCUT2D eigenvalue weighted by atomic mass is 10.0. The van der Waals surface area contributed by atoms with Gasteiger partial charge in [-0.2, -0.15) is 0 Å². The SMILES string of the molecule is COCCCOc1cc(C(=O)N(C[C@@H]2CN(C(=O)OC(C)(C)C)C[C@H]2NC(C)C(=O)NCc2ccccc2)C(C)C)ccc1OC. The number of hydrogen-bond donors (Lipinski definition) is 2. The summed E-state index contributed by atoms with van der Waals surface area (Å²) >= 11 is 0. The van der Waals surface area contributed by atoms with Crippen LogP contribution in [0.15, 0.2) is 48.5 Å². The standard InChI is InChI=1S/C35H52N4O7/c1-24(2)39(33(41)27-15-16-30(44-8)31(19-27)45-18-12-17-43-7)22-28-21-38(34(42)46-35(4,5)6)23-29(28)37-25(3)32(40)36-20-26-13-10-9-11-14-26/h9-11,13-16,19,24-25,28-29,37H,12,17-18,20-23H2,1-8H3,(H,36,40)/t25?,28-,29+/m0/s1. The van der Waals surface area contributed by atoms with Crippen molar-refractivity contribution in [2.24, 2.45) is 5.92 Å². The van der Waals surface area contributed by atoms with E-state index in [9.17, 15) is 14.4 Å². The number of hydrogen-bond acceptors (Lipinski definition) is 8. The summed E-state index contributed by atoms with van der Waals surface area (Å²) in [6, 6.07) is 14.0. The Morgan fingerprint density at radius 2 is 1.70 bits per heavy atom. The van der Waals surface area contributed by atoms with Crippen LogP contribution >= 0.6 is 0 Å². The van der Waals surface area contributed by atoms with E-state index in [4.69, 9.17) is 18.9 Å². The van der Waals surface area contributed by atoms with Crippen LogP contribution in [0.2, 0.25) is 0 Å². The second-order valence-corrected chi connectivity index (χ2v) is 13.0. The van der Waals surface area contributed by atoms with Gasteiger partial charge in [-0.25, -0.2) is 4.79 Å². The second kappa shape index (κ2) is 17.2. The Hall–Kier alpha value is -3.83. The van der Waals surface area contributed by atoms with Crippen LogP contribution in [0.5, 0.6) is 11.5 Å². The minimum absolute atomic E-state index is 0.136. The monoisotopic (exact) mass is 640 g/mol. The number of amides is 3. The molecule has 1 fully saturated rings. The molecule has 1 unspecified atom stereocenters. The minimum atomic E-state index is -0.652. The molecule has 46 heavy (non-hydrogen) atoms. The van der Waals surface area contributed by atoms with Crippen molar-refractivity contribution in [1.82, 2.24) is 20.4 Å². The van der Waals surface area contributed by atoms with E-state index in [1.54, 1.807) is 42.2 Å². The minimum Gasteiger partial charge on any atom is -0.493 e. The van der Waals surface area contributed by atoms with E-state index >= 15 is 0 Å². The van der Waals surface area contributed by atoms with E-state index in [0.29, 0.717) is 62.9 Å². The summed E-state index contributed by atoms with van der Waals surface area (Å²) in [5.74, 6) is 0.554. The van der Waals surface area contributed by atoms with Crippen LogP contribution in [0.1, 0.15) is 63.9 Å². The predicted molar refractivity (Wildman–Crippen MR) is 177 cm³/mol. The molecule has 254 valence electrons. The quantitative estimate of drug-likeness (QED) is 0.274. The van der Waals surface area contributed by atoms with Crippen LogP contribution in [0.4, 0.5) is 4.79 Å². The van der Waals surface area contributed by atoms with Crippen molar-refractivity contribution in [1.29, 1.82) is 0 Å². The number of likely N-dealkylation sites (tertiary alicyclic amines) is 1. The fourth-order valence-electron chi connectivity index (χ4n) is 5.31. The van der Waals surface area contributed by atoms with E-state index < -0.39 is 17.7 Å². The number of carbonyl (C=O) groups excluding carboxylic acids is 3. The van der Waals surface area contributed by atoms with Gasteiger partial charge in [0, 0.05) is 69.9 Å². The zero-order chi connectivity index (χ0) is 33.9. The fraction of sp³-hybridized carbons (Fsp3) is 0.571. The first-order valence-corrected chi connectivity index (χ1v) is 16.0. The molecule has 0 spiro atoms. The van der Waals surface area contributed by atoms with Gasteiger partial charge < -0.3 is 39.4 Å². The molecule has 3 atom stereocenters. The van der Waals surface area contributed by atoms with Crippen LogP contribution in [-0.2, 0) is 20.8 Å². The van der Waals surface area contributed by atoms with E-state index in [2.05, 4.69) is 10.6 Å². The summed E-state index contributed by atoms with van der Waals surface area (Å²) in [4.78, 5) is 43.6. The number of nitrogens with one attached hydrogen (secondary N) is 2. The molecular weight excluding hydrogens is 588 g/mol. The maximum absolute atomic E-state index is 14.0. The Morgan fingerprint density at radius 1 is 0.978 bits per heavy atom. The smallest absolute Gasteiger partial charge is 0.410 e. The van der Waals surface area contributed by atoms with Crippen LogP contribution < -0.4 is 20.1 Å². The third-order valence-electron chi connectivity index (χ3n) is 7.74. The van der Waals surface area contributed by atoms with Crippen LogP contribution in [0, 0.1) is 5.92 Å². The molecule has 0 bridgehead atoms. The lowest BCUT2D eigenvalue weighted by Gasteiger charge is -2.32. The maximum atomic E-state index is 14.0. The molecule has 11 nitrogen and oxygen atoms in total. The Labute approximate surface area is 273 Å². The van der Waals surface area contributed by atoms with Gasteiger partial charge in [-0.15, -0.1) is 0 Å². The second-order valence-electron chi connectivity index (χ2n) is 13.0. The highest BCUT2D eigenvalue weighted by Crippen LogP contribution is 2.30. The first kappa shape index (κ1) is 36.6. The van der Waals surface area contributed by atoms with Crippen molar-refractivity contribution in [2.75, 3.05) is 47.1 Å². The van der Waals surface area contributed by atoms with Gasteiger partial charge in [0.1, 0.15) is 5.60 Å². The summed E-state index contributed by atoms with van der Waals surface area (Å²) in [5.41, 5.74) is 0.822. The molecule has 11 heteroatoms. The maximum Gasteiger partial charge on any atom is 0.410 e. The lowest BCUT2D eigenvalue weighted by molar-refractivity contribution is -0.123. The average Bonchev–Trinajstić information content (AvgIpc) is 3.42. The fourth-order valence-corrected chi connectivity index (χ4v) is 5.31. The van der Waals surface area contributed by atoms with Gasteiger partial charge >= 0.3 is 6.09 Å². The van der Waals surface area contributed by atoms with Gasteiger partial charge in [0.25, 0.3) is 5.91 Å². The number of ether oxygens (including phenoxy) is 4. The molecule has 2 N–H and O–H groups in total.